The minimum atomic E-state index is -0.853. The Hall–Kier alpha value is -8.76. The second-order valence-electron chi connectivity index (χ2n) is 13.4. The molecule has 0 fully saturated rings. The summed E-state index contributed by atoms with van der Waals surface area (Å²) in [5, 5.41) is 27.5. The average Bonchev–Trinajstić information content (AvgIpc) is 3.34. The van der Waals surface area contributed by atoms with Crippen LogP contribution < -0.4 is 28.4 Å². The molecular formula is C50H46N4O12. The number of carbonyl (C=O) groups is 4. The van der Waals surface area contributed by atoms with E-state index < -0.39 is 23.9 Å². The monoisotopic (exact) mass is 894 g/mol. The van der Waals surface area contributed by atoms with E-state index in [0.29, 0.717) is 84.1 Å². The molecule has 66 heavy (non-hydrogen) atoms. The molecule has 0 saturated carbocycles. The van der Waals surface area contributed by atoms with Crippen molar-refractivity contribution in [3.63, 3.8) is 0 Å². The molecule has 4 aromatic carbocycles. The van der Waals surface area contributed by atoms with Crippen molar-refractivity contribution in [1.29, 1.82) is 10.5 Å². The third-order valence-corrected chi connectivity index (χ3v) is 8.75. The van der Waals surface area contributed by atoms with Gasteiger partial charge in [0.25, 0.3) is 0 Å². The summed E-state index contributed by atoms with van der Waals surface area (Å²) in [5.41, 5.74) is 1.85. The maximum Gasteiger partial charge on any atom is 0.354 e. The summed E-state index contributed by atoms with van der Waals surface area (Å²) < 4.78 is 43.1. The van der Waals surface area contributed by atoms with Crippen LogP contribution in [0.4, 0.5) is 0 Å². The molecule has 0 spiro atoms. The van der Waals surface area contributed by atoms with Crippen LogP contribution in [0.3, 0.4) is 0 Å². The first-order valence-electron chi connectivity index (χ1n) is 20.2. The fraction of sp³-hybridized carbons (Fsp3) is 0.200. The number of hydrogen-bond acceptors (Lipinski definition) is 16. The lowest BCUT2D eigenvalue weighted by Crippen LogP contribution is -2.10. The van der Waals surface area contributed by atoms with E-state index in [1.165, 1.54) is 38.8 Å². The Labute approximate surface area is 381 Å². The van der Waals surface area contributed by atoms with Gasteiger partial charge in [-0.15, -0.1) is 0 Å². The van der Waals surface area contributed by atoms with Crippen LogP contribution in [0.2, 0.25) is 0 Å². The molecule has 4 rings (SSSR count). The first-order valence-corrected chi connectivity index (χ1v) is 20.2. The Balaban J connectivity index is 1.24. The van der Waals surface area contributed by atoms with Gasteiger partial charge in [0.1, 0.15) is 34.8 Å². The molecule has 0 radical (unpaired) electrons. The Kier molecular flexibility index (Phi) is 20.7. The van der Waals surface area contributed by atoms with Gasteiger partial charge in [-0.1, -0.05) is 25.3 Å². The van der Waals surface area contributed by atoms with Crippen LogP contribution in [-0.4, -0.2) is 77.0 Å². The van der Waals surface area contributed by atoms with E-state index in [2.05, 4.69) is 23.4 Å². The van der Waals surface area contributed by atoms with Gasteiger partial charge in [0.05, 0.1) is 53.1 Å². The number of unbranched alkanes of at least 4 members (excludes halogenated alkanes) is 2. The molecule has 0 amide bonds. The minimum Gasteiger partial charge on any atom is -0.493 e. The number of nitriles is 2. The quantitative estimate of drug-likeness (QED) is 0.0117. The molecule has 0 heterocycles. The summed E-state index contributed by atoms with van der Waals surface area (Å²) in [6.07, 6.45) is 10.4. The zero-order chi connectivity index (χ0) is 47.5. The molecule has 0 aliphatic carbocycles. The van der Waals surface area contributed by atoms with Crippen LogP contribution >= 0.6 is 0 Å². The highest BCUT2D eigenvalue weighted by atomic mass is 16.5. The van der Waals surface area contributed by atoms with Crippen LogP contribution in [-0.2, 0) is 28.7 Å². The van der Waals surface area contributed by atoms with Gasteiger partial charge < -0.3 is 37.9 Å². The van der Waals surface area contributed by atoms with Gasteiger partial charge in [0, 0.05) is 12.2 Å². The number of carbonyl (C=O) groups excluding carboxylic acids is 4. The Morgan fingerprint density at radius 1 is 0.530 bits per heavy atom. The molecule has 0 N–H and O–H groups in total. The first-order chi connectivity index (χ1) is 32.1. The van der Waals surface area contributed by atoms with E-state index in [-0.39, 0.29) is 35.9 Å². The summed E-state index contributed by atoms with van der Waals surface area (Å²) in [5.74, 6) is -0.520. The smallest absolute Gasteiger partial charge is 0.354 e. The number of benzene rings is 4. The lowest BCUT2D eigenvalue weighted by atomic mass is 10.1. The van der Waals surface area contributed by atoms with E-state index in [4.69, 9.17) is 37.9 Å². The second kappa shape index (κ2) is 27.3. The second-order valence-corrected chi connectivity index (χ2v) is 13.4. The van der Waals surface area contributed by atoms with Crippen LogP contribution in [0.5, 0.6) is 34.5 Å². The summed E-state index contributed by atoms with van der Waals surface area (Å²) in [6.45, 7) is 7.91. The molecule has 0 aliphatic heterocycles. The van der Waals surface area contributed by atoms with Crippen molar-refractivity contribution in [2.24, 2.45) is 10.2 Å². The van der Waals surface area contributed by atoms with Crippen molar-refractivity contribution >= 4 is 48.5 Å². The van der Waals surface area contributed by atoms with E-state index >= 15 is 0 Å². The summed E-state index contributed by atoms with van der Waals surface area (Å²) in [4.78, 5) is 48.0. The molecule has 0 aliphatic rings. The number of hydrogen-bond donors (Lipinski definition) is 0. The highest BCUT2D eigenvalue weighted by Gasteiger charge is 2.15. The molecule has 0 atom stereocenters. The molecule has 0 aromatic heterocycles. The lowest BCUT2D eigenvalue weighted by Gasteiger charge is -2.11. The predicted molar refractivity (Wildman–Crippen MR) is 244 cm³/mol. The van der Waals surface area contributed by atoms with Gasteiger partial charge in [-0.05, 0) is 133 Å². The third kappa shape index (κ3) is 16.8. The summed E-state index contributed by atoms with van der Waals surface area (Å²) in [7, 11) is 2.94. The Bertz CT molecular complexity index is 2370. The van der Waals surface area contributed by atoms with Gasteiger partial charge in [0.15, 0.2) is 23.0 Å². The normalized spacial score (nSPS) is 11.2. The number of nitrogens with zero attached hydrogens (tertiary/aromatic N) is 4. The number of ether oxygens (including phenoxy) is 8. The summed E-state index contributed by atoms with van der Waals surface area (Å²) in [6, 6.07) is 26.5. The molecule has 0 unspecified atom stereocenters. The molecule has 0 saturated heterocycles. The van der Waals surface area contributed by atoms with Gasteiger partial charge in [-0.2, -0.15) is 20.7 Å². The maximum atomic E-state index is 12.9. The molecule has 16 nitrogen and oxygen atoms in total. The molecule has 338 valence electrons. The SMILES string of the molecule is C=CC(=O)OCCCCOc1ccc(/C=C(\C#N)C(=O)Oc2ccc(/C=N/N=C/c3ccc(OC(=O)/C(C#N)=C/c4ccc(OCCCCOC(=O)C=C)c(OC)c4)cc3)cc2)cc1OC. The fourth-order valence-electron chi connectivity index (χ4n) is 5.40. The maximum absolute atomic E-state index is 12.9. The van der Waals surface area contributed by atoms with Crippen LogP contribution in [0.1, 0.15) is 47.9 Å². The van der Waals surface area contributed by atoms with Gasteiger partial charge in [-0.25, -0.2) is 19.2 Å². The summed E-state index contributed by atoms with van der Waals surface area (Å²) >= 11 is 0. The molecule has 4 aromatic rings. The fourth-order valence-corrected chi connectivity index (χ4v) is 5.40. The van der Waals surface area contributed by atoms with Crippen molar-refractivity contribution < 1.29 is 57.1 Å². The highest BCUT2D eigenvalue weighted by Crippen LogP contribution is 2.31. The molecular weight excluding hydrogens is 849 g/mol. The predicted octanol–water partition coefficient (Wildman–Crippen LogP) is 7.96. The van der Waals surface area contributed by atoms with Crippen molar-refractivity contribution in [3.05, 3.63) is 144 Å². The largest absolute Gasteiger partial charge is 0.493 e. The van der Waals surface area contributed by atoms with Crippen molar-refractivity contribution in [3.8, 4) is 46.6 Å². The first kappa shape index (κ1) is 49.9. The number of methoxy groups -OCH3 is 2. The van der Waals surface area contributed by atoms with E-state index in [0.717, 1.165) is 12.2 Å². The van der Waals surface area contributed by atoms with Crippen LogP contribution in [0.15, 0.2) is 132 Å². The van der Waals surface area contributed by atoms with Crippen molar-refractivity contribution in [2.45, 2.75) is 25.7 Å². The van der Waals surface area contributed by atoms with E-state index in [1.807, 2.05) is 12.1 Å². The zero-order valence-corrected chi connectivity index (χ0v) is 36.3. The topological polar surface area (TPSA) is 214 Å². The van der Waals surface area contributed by atoms with Gasteiger partial charge >= 0.3 is 23.9 Å². The van der Waals surface area contributed by atoms with Crippen LogP contribution in [0.25, 0.3) is 12.2 Å². The lowest BCUT2D eigenvalue weighted by molar-refractivity contribution is -0.138. The Morgan fingerprint density at radius 2 is 0.894 bits per heavy atom. The van der Waals surface area contributed by atoms with Crippen molar-refractivity contribution in [1.82, 2.24) is 0 Å². The number of rotatable bonds is 25. The third-order valence-electron chi connectivity index (χ3n) is 8.75. The minimum absolute atomic E-state index is 0.205. The zero-order valence-electron chi connectivity index (χ0n) is 36.3. The standard InChI is InChI=1S/C50H46N4O12/c1-5-47(55)63-25-9-7-23-61-43-21-15-37(29-45(43)59-3)27-39(31-51)49(57)65-41-17-11-35(12-18-41)33-53-54-34-36-13-19-42(20-14-36)66-50(58)40(32-52)28-38-16-22-44(46(30-38)60-4)62-24-8-10-26-64-48(56)6-2/h5-6,11-22,27-30,33-34H,1-2,7-10,23-26H2,3-4H3/b39-27+,40-28+,53-33+,54-34+. The van der Waals surface area contributed by atoms with E-state index in [9.17, 15) is 29.7 Å². The van der Waals surface area contributed by atoms with Gasteiger partial charge in [-0.3, -0.25) is 0 Å². The highest BCUT2D eigenvalue weighted by molar-refractivity contribution is 6.00. The number of esters is 4. The molecule has 16 heteroatoms. The molecule has 0 bridgehead atoms. The Morgan fingerprint density at radius 3 is 1.24 bits per heavy atom. The van der Waals surface area contributed by atoms with E-state index in [1.54, 1.807) is 84.9 Å². The van der Waals surface area contributed by atoms with Crippen LogP contribution in [0, 0.1) is 22.7 Å². The van der Waals surface area contributed by atoms with Crippen molar-refractivity contribution in [2.75, 3.05) is 40.6 Å². The average molecular weight is 895 g/mol. The van der Waals surface area contributed by atoms with Gasteiger partial charge in [0.2, 0.25) is 0 Å².